The average molecular weight is 463 g/mol. The summed E-state index contributed by atoms with van der Waals surface area (Å²) in [6.07, 6.45) is 2.23. The molecule has 2 aliphatic carbocycles. The van der Waals surface area contributed by atoms with Crippen molar-refractivity contribution in [3.8, 4) is 5.75 Å². The van der Waals surface area contributed by atoms with Crippen LogP contribution in [0, 0.1) is 5.92 Å². The first-order valence-electron chi connectivity index (χ1n) is 11.9. The predicted octanol–water partition coefficient (Wildman–Crippen LogP) is 3.03. The van der Waals surface area contributed by atoms with Crippen LogP contribution in [-0.2, 0) is 20.9 Å². The number of amides is 2. The standard InChI is InChI=1S/C27H30N2O5/c1-33-20-6-4-5-19(11-20)13-28-14-21(34-17-18-9-10-18)15-29(16-26(28)31)27(32)24-12-25(30)23-8-3-2-7-22(23)24/h2-8,11,18,21,24H,9-10,12-17H2,1H3/t21-,24+/m1/s1. The summed E-state index contributed by atoms with van der Waals surface area (Å²) >= 11 is 0. The van der Waals surface area contributed by atoms with Crippen molar-refractivity contribution in [2.75, 3.05) is 33.4 Å². The van der Waals surface area contributed by atoms with Crippen LogP contribution >= 0.6 is 0 Å². The minimum absolute atomic E-state index is 0.0149. The molecule has 0 spiro atoms. The van der Waals surface area contributed by atoms with Crippen molar-refractivity contribution in [1.29, 1.82) is 0 Å². The maximum atomic E-state index is 13.6. The molecule has 2 atom stereocenters. The molecular weight excluding hydrogens is 432 g/mol. The molecular formula is C27H30N2O5. The lowest BCUT2D eigenvalue weighted by Crippen LogP contribution is -2.42. The van der Waals surface area contributed by atoms with E-state index in [0.717, 1.165) is 16.9 Å². The van der Waals surface area contributed by atoms with Gasteiger partial charge in [0, 0.05) is 38.2 Å². The summed E-state index contributed by atoms with van der Waals surface area (Å²) in [4.78, 5) is 42.7. The molecule has 2 aromatic carbocycles. The Hall–Kier alpha value is -3.19. The number of fused-ring (bicyclic) bond motifs is 1. The molecule has 1 heterocycles. The van der Waals surface area contributed by atoms with Gasteiger partial charge in [-0.15, -0.1) is 0 Å². The number of hydrogen-bond donors (Lipinski definition) is 0. The van der Waals surface area contributed by atoms with Crippen molar-refractivity contribution in [3.63, 3.8) is 0 Å². The van der Waals surface area contributed by atoms with Crippen LogP contribution in [-0.4, -0.2) is 66.9 Å². The van der Waals surface area contributed by atoms with Crippen molar-refractivity contribution in [3.05, 3.63) is 65.2 Å². The second-order valence-corrected chi connectivity index (χ2v) is 9.51. The summed E-state index contributed by atoms with van der Waals surface area (Å²) in [7, 11) is 1.62. The molecule has 0 bridgehead atoms. The van der Waals surface area contributed by atoms with E-state index in [0.29, 0.717) is 37.7 Å². The van der Waals surface area contributed by atoms with Crippen LogP contribution in [0.5, 0.6) is 5.75 Å². The van der Waals surface area contributed by atoms with Gasteiger partial charge in [-0.25, -0.2) is 0 Å². The molecule has 1 saturated heterocycles. The fourth-order valence-corrected chi connectivity index (χ4v) is 4.85. The summed E-state index contributed by atoms with van der Waals surface area (Å²) in [5.41, 5.74) is 2.34. The number of methoxy groups -OCH3 is 1. The number of rotatable bonds is 7. The number of ketones is 1. The van der Waals surface area contributed by atoms with Crippen molar-refractivity contribution < 1.29 is 23.9 Å². The molecule has 0 aromatic heterocycles. The number of carbonyl (C=O) groups is 3. The van der Waals surface area contributed by atoms with Gasteiger partial charge in [0.15, 0.2) is 5.78 Å². The Labute approximate surface area is 199 Å². The van der Waals surface area contributed by atoms with Gasteiger partial charge in [-0.2, -0.15) is 0 Å². The molecule has 0 unspecified atom stereocenters. The third kappa shape index (κ3) is 4.85. The molecule has 3 aliphatic rings. The summed E-state index contributed by atoms with van der Waals surface area (Å²) in [5, 5.41) is 0. The first kappa shape index (κ1) is 22.6. The molecule has 2 fully saturated rings. The van der Waals surface area contributed by atoms with E-state index in [-0.39, 0.29) is 36.7 Å². The van der Waals surface area contributed by atoms with Gasteiger partial charge in [-0.05, 0) is 42.0 Å². The summed E-state index contributed by atoms with van der Waals surface area (Å²) in [6.45, 7) is 1.83. The zero-order chi connectivity index (χ0) is 23.7. The molecule has 2 amide bonds. The van der Waals surface area contributed by atoms with Gasteiger partial charge in [-0.3, -0.25) is 14.4 Å². The van der Waals surface area contributed by atoms with Crippen molar-refractivity contribution in [2.24, 2.45) is 5.92 Å². The van der Waals surface area contributed by atoms with E-state index in [1.165, 1.54) is 12.8 Å². The molecule has 178 valence electrons. The SMILES string of the molecule is COc1cccc(CN2C[C@@H](OCC3CC3)CN(C(=O)[C@H]3CC(=O)c4ccccc43)CC2=O)c1. The Morgan fingerprint density at radius 2 is 1.88 bits per heavy atom. The molecule has 7 heteroatoms. The Kier molecular flexibility index (Phi) is 6.37. The molecule has 2 aromatic rings. The highest BCUT2D eigenvalue weighted by Gasteiger charge is 2.39. The highest BCUT2D eigenvalue weighted by atomic mass is 16.5. The fourth-order valence-electron chi connectivity index (χ4n) is 4.85. The van der Waals surface area contributed by atoms with Crippen LogP contribution in [0.1, 0.15) is 46.7 Å². The van der Waals surface area contributed by atoms with Crippen LogP contribution in [0.4, 0.5) is 0 Å². The first-order valence-corrected chi connectivity index (χ1v) is 11.9. The van der Waals surface area contributed by atoms with Gasteiger partial charge < -0.3 is 19.3 Å². The van der Waals surface area contributed by atoms with E-state index in [1.807, 2.05) is 42.5 Å². The van der Waals surface area contributed by atoms with Gasteiger partial charge in [0.2, 0.25) is 11.8 Å². The van der Waals surface area contributed by atoms with Crippen molar-refractivity contribution in [2.45, 2.75) is 37.8 Å². The lowest BCUT2D eigenvalue weighted by Gasteiger charge is -2.26. The smallest absolute Gasteiger partial charge is 0.242 e. The second-order valence-electron chi connectivity index (χ2n) is 9.51. The molecule has 5 rings (SSSR count). The lowest BCUT2D eigenvalue weighted by atomic mass is 9.99. The Morgan fingerprint density at radius 3 is 2.68 bits per heavy atom. The minimum Gasteiger partial charge on any atom is -0.497 e. The zero-order valence-corrected chi connectivity index (χ0v) is 19.4. The minimum atomic E-state index is -0.537. The summed E-state index contributed by atoms with van der Waals surface area (Å²) < 4.78 is 11.5. The van der Waals surface area contributed by atoms with Crippen LogP contribution in [0.15, 0.2) is 48.5 Å². The zero-order valence-electron chi connectivity index (χ0n) is 19.4. The third-order valence-corrected chi connectivity index (χ3v) is 6.93. The molecule has 1 saturated carbocycles. The number of carbonyl (C=O) groups excluding carboxylic acids is 3. The maximum Gasteiger partial charge on any atom is 0.242 e. The van der Waals surface area contributed by atoms with E-state index in [2.05, 4.69) is 0 Å². The topological polar surface area (TPSA) is 76.2 Å². The molecule has 0 radical (unpaired) electrons. The monoisotopic (exact) mass is 462 g/mol. The maximum absolute atomic E-state index is 13.6. The molecule has 0 N–H and O–H groups in total. The highest BCUT2D eigenvalue weighted by molar-refractivity contribution is 6.07. The van der Waals surface area contributed by atoms with Gasteiger partial charge in [-0.1, -0.05) is 36.4 Å². The highest BCUT2D eigenvalue weighted by Crippen LogP contribution is 2.35. The van der Waals surface area contributed by atoms with Gasteiger partial charge in [0.05, 0.1) is 25.7 Å². The van der Waals surface area contributed by atoms with Gasteiger partial charge >= 0.3 is 0 Å². The predicted molar refractivity (Wildman–Crippen MR) is 126 cm³/mol. The normalized spacial score (nSPS) is 22.5. The molecule has 1 aliphatic heterocycles. The average Bonchev–Trinajstić information content (AvgIpc) is 3.64. The van der Waals surface area contributed by atoms with E-state index < -0.39 is 5.92 Å². The Bertz CT molecular complexity index is 1100. The Balaban J connectivity index is 1.35. The van der Waals surface area contributed by atoms with Crippen molar-refractivity contribution >= 4 is 17.6 Å². The van der Waals surface area contributed by atoms with Crippen LogP contribution in [0.2, 0.25) is 0 Å². The second kappa shape index (κ2) is 9.58. The van der Waals surface area contributed by atoms with Gasteiger partial charge in [0.25, 0.3) is 0 Å². The van der Waals surface area contributed by atoms with Crippen molar-refractivity contribution in [1.82, 2.24) is 9.80 Å². The number of ether oxygens (including phenoxy) is 2. The van der Waals surface area contributed by atoms with E-state index in [4.69, 9.17) is 9.47 Å². The van der Waals surface area contributed by atoms with Crippen LogP contribution in [0.3, 0.4) is 0 Å². The molecule has 34 heavy (non-hydrogen) atoms. The van der Waals surface area contributed by atoms with E-state index in [1.54, 1.807) is 23.0 Å². The number of hydrogen-bond acceptors (Lipinski definition) is 5. The largest absolute Gasteiger partial charge is 0.497 e. The number of benzene rings is 2. The van der Waals surface area contributed by atoms with Crippen LogP contribution in [0.25, 0.3) is 0 Å². The molecule has 7 nitrogen and oxygen atoms in total. The van der Waals surface area contributed by atoms with E-state index >= 15 is 0 Å². The lowest BCUT2D eigenvalue weighted by molar-refractivity contribution is -0.139. The number of Topliss-reactive ketones (excluding diaryl/α,β-unsaturated/α-hetero) is 1. The van der Waals surface area contributed by atoms with E-state index in [9.17, 15) is 14.4 Å². The third-order valence-electron chi connectivity index (χ3n) is 6.93. The number of nitrogens with zero attached hydrogens (tertiary/aromatic N) is 2. The van der Waals surface area contributed by atoms with Crippen LogP contribution < -0.4 is 4.74 Å². The summed E-state index contributed by atoms with van der Waals surface area (Å²) in [6, 6.07) is 14.9. The first-order chi connectivity index (χ1) is 16.5. The quantitative estimate of drug-likeness (QED) is 0.632. The fraction of sp³-hybridized carbons (Fsp3) is 0.444. The van der Waals surface area contributed by atoms with Gasteiger partial charge in [0.1, 0.15) is 5.75 Å². The summed E-state index contributed by atoms with van der Waals surface area (Å²) in [5.74, 6) is 0.472. The Morgan fingerprint density at radius 1 is 1.06 bits per heavy atom.